The van der Waals surface area contributed by atoms with Gasteiger partial charge in [-0.25, -0.2) is 0 Å². The fourth-order valence-electron chi connectivity index (χ4n) is 2.50. The number of anilines is 1. The van der Waals surface area contributed by atoms with Crippen LogP contribution in [0.1, 0.15) is 34.1 Å². The first-order chi connectivity index (χ1) is 13.0. The summed E-state index contributed by atoms with van der Waals surface area (Å²) in [6.45, 7) is 2.56. The van der Waals surface area contributed by atoms with Gasteiger partial charge in [0, 0.05) is 35.5 Å². The Kier molecular flexibility index (Phi) is 7.05. The predicted molar refractivity (Wildman–Crippen MR) is 103 cm³/mol. The van der Waals surface area contributed by atoms with Crippen LogP contribution in [-0.4, -0.2) is 39.7 Å². The highest BCUT2D eigenvalue weighted by Gasteiger charge is 2.16. The molecule has 0 saturated carbocycles. The van der Waals surface area contributed by atoms with E-state index in [-0.39, 0.29) is 11.8 Å². The second-order valence-electron chi connectivity index (χ2n) is 5.70. The van der Waals surface area contributed by atoms with E-state index in [9.17, 15) is 9.59 Å². The molecule has 27 heavy (non-hydrogen) atoms. The molecule has 144 valence electrons. The molecule has 2 aromatic rings. The summed E-state index contributed by atoms with van der Waals surface area (Å²) in [5, 5.41) is 5.57. The average Bonchev–Trinajstić information content (AvgIpc) is 2.71. The Morgan fingerprint density at radius 2 is 1.48 bits per heavy atom. The number of hydrogen-bond donors (Lipinski definition) is 2. The van der Waals surface area contributed by atoms with Crippen LogP contribution in [0.5, 0.6) is 17.2 Å². The van der Waals surface area contributed by atoms with Crippen molar-refractivity contribution in [3.05, 3.63) is 47.5 Å². The molecule has 2 aromatic carbocycles. The average molecular weight is 372 g/mol. The maximum Gasteiger partial charge on any atom is 0.255 e. The van der Waals surface area contributed by atoms with Crippen molar-refractivity contribution < 1.29 is 23.8 Å². The standard InChI is InChI=1S/C20H24N2O5/c1-5-9-21-19(23)13-7-6-8-14(10-13)20(24)22-15-11-16(25-2)18(27-4)17(12-15)26-3/h6-8,10-12H,5,9H2,1-4H3,(H,21,23)(H,22,24). The number of benzene rings is 2. The molecule has 7 nitrogen and oxygen atoms in total. The number of nitrogens with one attached hydrogen (secondary N) is 2. The van der Waals surface area contributed by atoms with Crippen LogP contribution in [0.25, 0.3) is 0 Å². The van der Waals surface area contributed by atoms with E-state index in [0.717, 1.165) is 6.42 Å². The first kappa shape index (κ1) is 20.1. The summed E-state index contributed by atoms with van der Waals surface area (Å²) in [6.07, 6.45) is 0.840. The predicted octanol–water partition coefficient (Wildman–Crippen LogP) is 3.10. The Labute approximate surface area is 158 Å². The molecule has 7 heteroatoms. The number of methoxy groups -OCH3 is 3. The molecule has 2 rings (SSSR count). The molecule has 2 N–H and O–H groups in total. The van der Waals surface area contributed by atoms with Gasteiger partial charge in [-0.15, -0.1) is 0 Å². The molecule has 0 bridgehead atoms. The van der Waals surface area contributed by atoms with Gasteiger partial charge >= 0.3 is 0 Å². The number of ether oxygens (including phenoxy) is 3. The zero-order valence-corrected chi connectivity index (χ0v) is 15.9. The lowest BCUT2D eigenvalue weighted by Crippen LogP contribution is -2.24. The topological polar surface area (TPSA) is 85.9 Å². The Balaban J connectivity index is 2.23. The van der Waals surface area contributed by atoms with Crippen molar-refractivity contribution >= 4 is 17.5 Å². The summed E-state index contributed by atoms with van der Waals surface area (Å²) in [6, 6.07) is 9.81. The van der Waals surface area contributed by atoms with E-state index in [1.54, 1.807) is 36.4 Å². The van der Waals surface area contributed by atoms with Crippen LogP contribution >= 0.6 is 0 Å². The molecule has 0 unspecified atom stereocenters. The number of amides is 2. The highest BCUT2D eigenvalue weighted by molar-refractivity contribution is 6.06. The Morgan fingerprint density at radius 1 is 0.889 bits per heavy atom. The third-order valence-corrected chi connectivity index (χ3v) is 3.85. The summed E-state index contributed by atoms with van der Waals surface area (Å²) in [4.78, 5) is 24.7. The van der Waals surface area contributed by atoms with Gasteiger partial charge in [0.25, 0.3) is 11.8 Å². The summed E-state index contributed by atoms with van der Waals surface area (Å²) in [5.41, 5.74) is 1.28. The van der Waals surface area contributed by atoms with E-state index in [4.69, 9.17) is 14.2 Å². The number of hydrogen-bond acceptors (Lipinski definition) is 5. The highest BCUT2D eigenvalue weighted by atomic mass is 16.5. The van der Waals surface area contributed by atoms with Crippen LogP contribution in [0.4, 0.5) is 5.69 Å². The van der Waals surface area contributed by atoms with Crippen molar-refractivity contribution in [2.45, 2.75) is 13.3 Å². The number of rotatable bonds is 8. The van der Waals surface area contributed by atoms with Gasteiger partial charge < -0.3 is 24.8 Å². The molecular weight excluding hydrogens is 348 g/mol. The van der Waals surface area contributed by atoms with Crippen molar-refractivity contribution in [1.82, 2.24) is 5.32 Å². The number of carbonyl (C=O) groups excluding carboxylic acids is 2. The van der Waals surface area contributed by atoms with Crippen molar-refractivity contribution in [1.29, 1.82) is 0 Å². The van der Waals surface area contributed by atoms with Crippen LogP contribution in [0.15, 0.2) is 36.4 Å². The van der Waals surface area contributed by atoms with E-state index in [0.29, 0.717) is 40.6 Å². The summed E-state index contributed by atoms with van der Waals surface area (Å²) >= 11 is 0. The molecule has 2 amide bonds. The maximum atomic E-state index is 12.6. The second-order valence-corrected chi connectivity index (χ2v) is 5.70. The van der Waals surface area contributed by atoms with E-state index in [1.165, 1.54) is 21.3 Å². The zero-order valence-electron chi connectivity index (χ0n) is 15.9. The Morgan fingerprint density at radius 3 is 2.00 bits per heavy atom. The van der Waals surface area contributed by atoms with Crippen LogP contribution in [0, 0.1) is 0 Å². The molecule has 0 fully saturated rings. The summed E-state index contributed by atoms with van der Waals surface area (Å²) in [7, 11) is 4.51. The van der Waals surface area contributed by atoms with Crippen molar-refractivity contribution in [2.24, 2.45) is 0 Å². The molecule has 0 aliphatic rings. The van der Waals surface area contributed by atoms with E-state index in [1.807, 2.05) is 6.92 Å². The normalized spacial score (nSPS) is 10.1. The summed E-state index contributed by atoms with van der Waals surface area (Å²) < 4.78 is 15.8. The summed E-state index contributed by atoms with van der Waals surface area (Å²) in [5.74, 6) is 0.737. The van der Waals surface area contributed by atoms with Crippen molar-refractivity contribution in [3.63, 3.8) is 0 Å². The third-order valence-electron chi connectivity index (χ3n) is 3.85. The first-order valence-electron chi connectivity index (χ1n) is 8.53. The third kappa shape index (κ3) is 4.91. The van der Waals surface area contributed by atoms with Gasteiger partial charge in [-0.3, -0.25) is 9.59 Å². The first-order valence-corrected chi connectivity index (χ1v) is 8.53. The Hall–Kier alpha value is -3.22. The van der Waals surface area contributed by atoms with Gasteiger partial charge in [-0.2, -0.15) is 0 Å². The molecule has 0 aliphatic carbocycles. The molecule has 0 saturated heterocycles. The lowest BCUT2D eigenvalue weighted by Gasteiger charge is -2.14. The quantitative estimate of drug-likeness (QED) is 0.744. The minimum absolute atomic E-state index is 0.209. The van der Waals surface area contributed by atoms with Crippen LogP contribution in [-0.2, 0) is 0 Å². The zero-order chi connectivity index (χ0) is 19.8. The van der Waals surface area contributed by atoms with Crippen LogP contribution in [0.3, 0.4) is 0 Å². The van der Waals surface area contributed by atoms with E-state index in [2.05, 4.69) is 10.6 Å². The van der Waals surface area contributed by atoms with E-state index >= 15 is 0 Å². The molecule has 0 radical (unpaired) electrons. The van der Waals surface area contributed by atoms with Crippen LogP contribution in [0.2, 0.25) is 0 Å². The monoisotopic (exact) mass is 372 g/mol. The fourth-order valence-corrected chi connectivity index (χ4v) is 2.50. The molecule has 0 aliphatic heterocycles. The van der Waals surface area contributed by atoms with Gasteiger partial charge in [0.2, 0.25) is 5.75 Å². The number of carbonyl (C=O) groups is 2. The highest BCUT2D eigenvalue weighted by Crippen LogP contribution is 2.40. The molecule has 0 spiro atoms. The van der Waals surface area contributed by atoms with Crippen molar-refractivity contribution in [2.75, 3.05) is 33.2 Å². The van der Waals surface area contributed by atoms with Gasteiger partial charge in [0.1, 0.15) is 0 Å². The van der Waals surface area contributed by atoms with Gasteiger partial charge in [-0.05, 0) is 24.6 Å². The Bertz CT molecular complexity index is 795. The fraction of sp³-hybridized carbons (Fsp3) is 0.300. The maximum absolute atomic E-state index is 12.6. The smallest absolute Gasteiger partial charge is 0.255 e. The largest absolute Gasteiger partial charge is 0.493 e. The minimum atomic E-state index is -0.352. The lowest BCUT2D eigenvalue weighted by molar-refractivity contribution is 0.0953. The molecule has 0 aromatic heterocycles. The van der Waals surface area contributed by atoms with E-state index < -0.39 is 0 Å². The molecule has 0 heterocycles. The van der Waals surface area contributed by atoms with Gasteiger partial charge in [-0.1, -0.05) is 13.0 Å². The molecular formula is C20H24N2O5. The minimum Gasteiger partial charge on any atom is -0.493 e. The second kappa shape index (κ2) is 9.47. The van der Waals surface area contributed by atoms with Gasteiger partial charge in [0.15, 0.2) is 11.5 Å². The van der Waals surface area contributed by atoms with Crippen LogP contribution < -0.4 is 24.8 Å². The SMILES string of the molecule is CCCNC(=O)c1cccc(C(=O)Nc2cc(OC)c(OC)c(OC)c2)c1. The molecule has 0 atom stereocenters. The van der Waals surface area contributed by atoms with Crippen molar-refractivity contribution in [3.8, 4) is 17.2 Å². The lowest BCUT2D eigenvalue weighted by atomic mass is 10.1. The van der Waals surface area contributed by atoms with Gasteiger partial charge in [0.05, 0.1) is 21.3 Å².